The predicted molar refractivity (Wildman–Crippen MR) is 138 cm³/mol. The average molecular weight is 443 g/mol. The first-order valence-electron chi connectivity index (χ1n) is 11.3. The van der Waals surface area contributed by atoms with Gasteiger partial charge in [-0.2, -0.15) is 0 Å². The standard InChI is InChI=1S/C29H22N2OSi/c1-19-17-18-25-27-26(19)23-15-9-10-16-24(23)28-30-20(2)29(31(27)28)33(32-25,21-11-5-3-6-12-21)22-13-7-4-8-14-22/h3-18H,1-2H3. The fourth-order valence-corrected chi connectivity index (χ4v) is 9.80. The molecule has 0 atom stereocenters. The third kappa shape index (κ3) is 2.31. The van der Waals surface area contributed by atoms with E-state index in [0.29, 0.717) is 0 Å². The van der Waals surface area contributed by atoms with Crippen LogP contribution in [0.3, 0.4) is 0 Å². The number of nitrogens with zero attached hydrogens (tertiary/aromatic N) is 2. The van der Waals surface area contributed by atoms with E-state index in [0.717, 1.165) is 22.6 Å². The number of fused-ring (bicyclic) bond motifs is 3. The van der Waals surface area contributed by atoms with E-state index in [2.05, 4.69) is 115 Å². The van der Waals surface area contributed by atoms with Crippen molar-refractivity contribution in [2.24, 2.45) is 0 Å². The third-order valence-corrected chi connectivity index (χ3v) is 11.1. The largest absolute Gasteiger partial charge is 0.528 e. The Bertz CT molecular complexity index is 1670. The number of imidazole rings is 1. The highest BCUT2D eigenvalue weighted by molar-refractivity contribution is 7.07. The maximum absolute atomic E-state index is 7.28. The molecule has 158 valence electrons. The van der Waals surface area contributed by atoms with Crippen molar-refractivity contribution in [2.45, 2.75) is 13.8 Å². The van der Waals surface area contributed by atoms with Crippen molar-refractivity contribution >= 4 is 51.3 Å². The van der Waals surface area contributed by atoms with E-state index in [1.54, 1.807) is 0 Å². The van der Waals surface area contributed by atoms with E-state index in [1.165, 1.54) is 37.4 Å². The molecule has 3 nitrogen and oxygen atoms in total. The van der Waals surface area contributed by atoms with Crippen molar-refractivity contribution in [1.29, 1.82) is 0 Å². The van der Waals surface area contributed by atoms with Gasteiger partial charge in [-0.05, 0) is 41.2 Å². The van der Waals surface area contributed by atoms with Crippen LogP contribution in [0.4, 0.5) is 0 Å². The summed E-state index contributed by atoms with van der Waals surface area (Å²) >= 11 is 0. The van der Waals surface area contributed by atoms with Gasteiger partial charge in [0.1, 0.15) is 11.4 Å². The molecule has 0 radical (unpaired) electrons. The van der Waals surface area contributed by atoms with Gasteiger partial charge >= 0.3 is 8.32 Å². The lowest BCUT2D eigenvalue weighted by molar-refractivity contribution is 0.573. The van der Waals surface area contributed by atoms with Crippen LogP contribution in [0.5, 0.6) is 5.75 Å². The lowest BCUT2D eigenvalue weighted by atomic mass is 10.0. The predicted octanol–water partition coefficient (Wildman–Crippen LogP) is 4.62. The number of benzene rings is 4. The number of hydrogen-bond acceptors (Lipinski definition) is 2. The molecule has 0 bridgehead atoms. The summed E-state index contributed by atoms with van der Waals surface area (Å²) in [5.41, 5.74) is 4.44. The van der Waals surface area contributed by atoms with Gasteiger partial charge < -0.3 is 4.43 Å². The quantitative estimate of drug-likeness (QED) is 0.289. The second kappa shape index (κ2) is 6.56. The summed E-state index contributed by atoms with van der Waals surface area (Å²) in [5.74, 6) is 0.940. The monoisotopic (exact) mass is 442 g/mol. The molecule has 0 N–H and O–H groups in total. The summed E-state index contributed by atoms with van der Waals surface area (Å²) in [6.07, 6.45) is 0. The topological polar surface area (TPSA) is 26.5 Å². The summed E-state index contributed by atoms with van der Waals surface area (Å²) in [6.45, 7) is 4.33. The van der Waals surface area contributed by atoms with E-state index in [9.17, 15) is 0 Å². The molecule has 0 aliphatic carbocycles. The van der Waals surface area contributed by atoms with Gasteiger partial charge in [-0.1, -0.05) is 91.0 Å². The first kappa shape index (κ1) is 18.7. The molecule has 3 heterocycles. The van der Waals surface area contributed by atoms with Gasteiger partial charge in [-0.25, -0.2) is 4.98 Å². The Kier molecular flexibility index (Phi) is 3.71. The first-order chi connectivity index (χ1) is 16.2. The Morgan fingerprint density at radius 3 is 1.97 bits per heavy atom. The minimum absolute atomic E-state index is 0.940. The minimum Gasteiger partial charge on any atom is -0.528 e. The zero-order chi connectivity index (χ0) is 22.2. The second-order valence-corrected chi connectivity index (χ2v) is 12.1. The summed E-state index contributed by atoms with van der Waals surface area (Å²) < 4.78 is 9.70. The fraction of sp³-hybridized carbons (Fsp3) is 0.0690. The van der Waals surface area contributed by atoms with E-state index >= 15 is 0 Å². The maximum Gasteiger partial charge on any atom is 0.365 e. The van der Waals surface area contributed by atoms with Crippen LogP contribution >= 0.6 is 0 Å². The number of aryl methyl sites for hydroxylation is 2. The highest BCUT2D eigenvalue weighted by Gasteiger charge is 2.50. The van der Waals surface area contributed by atoms with E-state index in [-0.39, 0.29) is 0 Å². The first-order valence-corrected chi connectivity index (χ1v) is 13.2. The normalized spacial score (nSPS) is 14.2. The molecular formula is C29H22N2OSi. The molecule has 1 aliphatic heterocycles. The lowest BCUT2D eigenvalue weighted by Crippen LogP contribution is -2.74. The number of rotatable bonds is 2. The van der Waals surface area contributed by atoms with Gasteiger partial charge in [0.05, 0.1) is 16.5 Å². The van der Waals surface area contributed by atoms with Gasteiger partial charge in [-0.15, -0.1) is 0 Å². The third-order valence-electron chi connectivity index (χ3n) is 7.02. The van der Waals surface area contributed by atoms with Gasteiger partial charge in [0.25, 0.3) is 0 Å². The van der Waals surface area contributed by atoms with Crippen molar-refractivity contribution in [3.05, 3.63) is 108 Å². The van der Waals surface area contributed by atoms with E-state index in [1.807, 2.05) is 0 Å². The summed E-state index contributed by atoms with van der Waals surface area (Å²) in [5, 5.41) is 7.34. The van der Waals surface area contributed by atoms with Crippen LogP contribution in [-0.4, -0.2) is 17.7 Å². The van der Waals surface area contributed by atoms with Crippen LogP contribution in [-0.2, 0) is 0 Å². The Hall–Kier alpha value is -3.89. The molecule has 0 saturated heterocycles. The van der Waals surface area contributed by atoms with E-state index in [4.69, 9.17) is 9.41 Å². The lowest BCUT2D eigenvalue weighted by Gasteiger charge is -2.37. The van der Waals surface area contributed by atoms with Crippen molar-refractivity contribution in [3.63, 3.8) is 0 Å². The summed E-state index contributed by atoms with van der Waals surface area (Å²) in [6, 6.07) is 34.5. The molecule has 7 rings (SSSR count). The molecular weight excluding hydrogens is 420 g/mol. The van der Waals surface area contributed by atoms with Crippen molar-refractivity contribution in [1.82, 2.24) is 9.38 Å². The molecule has 0 amide bonds. The molecule has 0 fully saturated rings. The molecule has 1 aliphatic rings. The van der Waals surface area contributed by atoms with Crippen LogP contribution in [0, 0.1) is 13.8 Å². The van der Waals surface area contributed by atoms with Crippen LogP contribution < -0.4 is 20.1 Å². The van der Waals surface area contributed by atoms with Crippen molar-refractivity contribution < 1.29 is 4.43 Å². The number of pyridine rings is 1. The molecule has 6 aromatic rings. The zero-order valence-corrected chi connectivity index (χ0v) is 19.5. The highest BCUT2D eigenvalue weighted by atomic mass is 28.4. The van der Waals surface area contributed by atoms with Crippen LogP contribution in [0.15, 0.2) is 97.1 Å². The molecule has 4 heteroatoms. The zero-order valence-electron chi connectivity index (χ0n) is 18.5. The second-order valence-electron chi connectivity index (χ2n) is 8.87. The van der Waals surface area contributed by atoms with Crippen molar-refractivity contribution in [2.75, 3.05) is 0 Å². The van der Waals surface area contributed by atoms with E-state index < -0.39 is 8.32 Å². The molecule has 4 aromatic carbocycles. The van der Waals surface area contributed by atoms with Gasteiger partial charge in [-0.3, -0.25) is 4.40 Å². The number of hydrogen-bond donors (Lipinski definition) is 0. The average Bonchev–Trinajstić information content (AvgIpc) is 3.23. The van der Waals surface area contributed by atoms with Crippen LogP contribution in [0.2, 0.25) is 0 Å². The Labute approximate surface area is 193 Å². The highest BCUT2D eigenvalue weighted by Crippen LogP contribution is 2.39. The van der Waals surface area contributed by atoms with Crippen LogP contribution in [0.25, 0.3) is 27.3 Å². The Morgan fingerprint density at radius 1 is 0.697 bits per heavy atom. The smallest absolute Gasteiger partial charge is 0.365 e. The van der Waals surface area contributed by atoms with Gasteiger partial charge in [0.2, 0.25) is 0 Å². The molecule has 2 aromatic heterocycles. The Balaban J connectivity index is 1.77. The SMILES string of the molecule is Cc1nc2c3ccccc3c3c(C)ccc4c3n2c1[Si](c1ccccc1)(c1ccccc1)O4. The van der Waals surface area contributed by atoms with Crippen LogP contribution in [0.1, 0.15) is 11.3 Å². The summed E-state index contributed by atoms with van der Waals surface area (Å²) in [4.78, 5) is 5.19. The van der Waals surface area contributed by atoms with Gasteiger partial charge in [0, 0.05) is 10.8 Å². The summed E-state index contributed by atoms with van der Waals surface area (Å²) in [7, 11) is -2.86. The van der Waals surface area contributed by atoms with Gasteiger partial charge in [0.15, 0.2) is 0 Å². The molecule has 0 unspecified atom stereocenters. The Morgan fingerprint density at radius 2 is 1.30 bits per heavy atom. The maximum atomic E-state index is 7.28. The fourth-order valence-electron chi connectivity index (χ4n) is 5.67. The molecule has 33 heavy (non-hydrogen) atoms. The molecule has 0 spiro atoms. The minimum atomic E-state index is -2.86. The number of aromatic nitrogens is 2. The van der Waals surface area contributed by atoms with Crippen molar-refractivity contribution in [3.8, 4) is 5.75 Å². The molecule has 0 saturated carbocycles.